The van der Waals surface area contributed by atoms with Gasteiger partial charge in [-0.2, -0.15) is 0 Å². The van der Waals surface area contributed by atoms with E-state index in [9.17, 15) is 4.79 Å². The number of carbonyl (C=O) groups excluding carboxylic acids is 1. The fourth-order valence-corrected chi connectivity index (χ4v) is 3.58. The van der Waals surface area contributed by atoms with E-state index in [1.165, 1.54) is 0 Å². The van der Waals surface area contributed by atoms with E-state index in [0.717, 1.165) is 37.4 Å². The third kappa shape index (κ3) is 2.83. The first kappa shape index (κ1) is 14.0. The van der Waals surface area contributed by atoms with E-state index in [4.69, 9.17) is 0 Å². The Kier molecular flexibility index (Phi) is 3.35. The van der Waals surface area contributed by atoms with Crippen LogP contribution in [0.1, 0.15) is 10.6 Å². The standard InChI is InChI=1S/C18H15N3OS/c1-11-20-15-5-4-14(10-17(15)23-11)21-18(22)9-12-2-3-13-6-7-19-16(13)8-12/h2-8,10,19H,9H2,1H3,(H,21,22). The van der Waals surface area contributed by atoms with E-state index in [1.807, 2.05) is 55.6 Å². The molecule has 0 aliphatic heterocycles. The van der Waals surface area contributed by atoms with Crippen LogP contribution >= 0.6 is 11.3 Å². The van der Waals surface area contributed by atoms with Gasteiger partial charge in [-0.15, -0.1) is 11.3 Å². The molecule has 0 saturated heterocycles. The van der Waals surface area contributed by atoms with Crippen molar-refractivity contribution in [3.63, 3.8) is 0 Å². The molecular weight excluding hydrogens is 306 g/mol. The SMILES string of the molecule is Cc1nc2ccc(NC(=O)Cc3ccc4cc[nH]c4c3)cc2s1. The number of aromatic amines is 1. The summed E-state index contributed by atoms with van der Waals surface area (Å²) in [5.41, 5.74) is 3.83. The minimum absolute atomic E-state index is 0.0171. The Morgan fingerprint density at radius 1 is 1.22 bits per heavy atom. The second-order valence-corrected chi connectivity index (χ2v) is 6.77. The van der Waals surface area contributed by atoms with Crippen LogP contribution in [0.5, 0.6) is 0 Å². The molecule has 0 fully saturated rings. The number of nitrogens with zero attached hydrogens (tertiary/aromatic N) is 1. The van der Waals surface area contributed by atoms with Crippen molar-refractivity contribution in [2.24, 2.45) is 0 Å². The van der Waals surface area contributed by atoms with Crippen LogP contribution < -0.4 is 5.32 Å². The molecule has 0 aliphatic carbocycles. The van der Waals surface area contributed by atoms with Gasteiger partial charge in [-0.1, -0.05) is 12.1 Å². The molecule has 23 heavy (non-hydrogen) atoms. The van der Waals surface area contributed by atoms with E-state index >= 15 is 0 Å². The molecule has 2 aromatic carbocycles. The minimum atomic E-state index is -0.0171. The number of amides is 1. The molecule has 5 heteroatoms. The normalized spacial score (nSPS) is 11.2. The smallest absolute Gasteiger partial charge is 0.228 e. The first-order valence-corrected chi connectivity index (χ1v) is 8.22. The number of nitrogens with one attached hydrogen (secondary N) is 2. The molecule has 0 atom stereocenters. The highest BCUT2D eigenvalue weighted by Crippen LogP contribution is 2.25. The molecule has 0 unspecified atom stereocenters. The predicted molar refractivity (Wildman–Crippen MR) is 95.0 cm³/mol. The summed E-state index contributed by atoms with van der Waals surface area (Å²) in [6.45, 7) is 1.99. The molecule has 2 heterocycles. The lowest BCUT2D eigenvalue weighted by molar-refractivity contribution is -0.115. The zero-order chi connectivity index (χ0) is 15.8. The number of anilines is 1. The minimum Gasteiger partial charge on any atom is -0.361 e. The van der Waals surface area contributed by atoms with Crippen LogP contribution in [0.4, 0.5) is 5.69 Å². The van der Waals surface area contributed by atoms with Crippen molar-refractivity contribution in [1.82, 2.24) is 9.97 Å². The van der Waals surface area contributed by atoms with Gasteiger partial charge in [0.2, 0.25) is 5.91 Å². The Morgan fingerprint density at radius 2 is 2.13 bits per heavy atom. The highest BCUT2D eigenvalue weighted by Gasteiger charge is 2.07. The lowest BCUT2D eigenvalue weighted by Gasteiger charge is -2.05. The Balaban J connectivity index is 1.51. The largest absolute Gasteiger partial charge is 0.361 e. The summed E-state index contributed by atoms with van der Waals surface area (Å²) in [6, 6.07) is 13.9. The molecule has 0 radical (unpaired) electrons. The molecule has 4 nitrogen and oxygen atoms in total. The van der Waals surface area contributed by atoms with E-state index in [1.54, 1.807) is 11.3 Å². The molecule has 114 valence electrons. The monoisotopic (exact) mass is 321 g/mol. The lowest BCUT2D eigenvalue weighted by Crippen LogP contribution is -2.14. The van der Waals surface area contributed by atoms with E-state index < -0.39 is 0 Å². The maximum absolute atomic E-state index is 12.3. The van der Waals surface area contributed by atoms with E-state index in [2.05, 4.69) is 15.3 Å². The number of hydrogen-bond donors (Lipinski definition) is 2. The third-order valence-electron chi connectivity index (χ3n) is 3.76. The van der Waals surface area contributed by atoms with Gasteiger partial charge < -0.3 is 10.3 Å². The summed E-state index contributed by atoms with van der Waals surface area (Å²) in [4.78, 5) is 19.9. The first-order chi connectivity index (χ1) is 11.2. The number of fused-ring (bicyclic) bond motifs is 2. The highest BCUT2D eigenvalue weighted by atomic mass is 32.1. The molecule has 2 N–H and O–H groups in total. The van der Waals surface area contributed by atoms with Crippen LogP contribution in [-0.2, 0) is 11.2 Å². The van der Waals surface area contributed by atoms with E-state index in [-0.39, 0.29) is 5.91 Å². The van der Waals surface area contributed by atoms with Gasteiger partial charge in [-0.3, -0.25) is 4.79 Å². The molecular formula is C18H15N3OS. The van der Waals surface area contributed by atoms with Crippen molar-refractivity contribution < 1.29 is 4.79 Å². The van der Waals surface area contributed by atoms with Gasteiger partial charge in [0.15, 0.2) is 0 Å². The quantitative estimate of drug-likeness (QED) is 0.592. The average molecular weight is 321 g/mol. The maximum Gasteiger partial charge on any atom is 0.228 e. The Bertz CT molecular complexity index is 1020. The number of carbonyl (C=O) groups is 1. The molecule has 4 aromatic rings. The summed E-state index contributed by atoms with van der Waals surface area (Å²) in [6.07, 6.45) is 2.26. The molecule has 0 aliphatic rings. The zero-order valence-electron chi connectivity index (χ0n) is 12.6. The summed E-state index contributed by atoms with van der Waals surface area (Å²) in [7, 11) is 0. The Hall–Kier alpha value is -2.66. The number of benzene rings is 2. The van der Waals surface area contributed by atoms with Crippen molar-refractivity contribution in [2.45, 2.75) is 13.3 Å². The molecule has 0 spiro atoms. The van der Waals surface area contributed by atoms with Gasteiger partial charge in [0.1, 0.15) is 0 Å². The summed E-state index contributed by atoms with van der Waals surface area (Å²) in [5.74, 6) is -0.0171. The number of hydrogen-bond acceptors (Lipinski definition) is 3. The fraction of sp³-hybridized carbons (Fsp3) is 0.111. The average Bonchev–Trinajstić information content (AvgIpc) is 3.11. The third-order valence-corrected chi connectivity index (χ3v) is 4.70. The van der Waals surface area contributed by atoms with Crippen molar-refractivity contribution in [3.8, 4) is 0 Å². The molecule has 0 saturated carbocycles. The number of H-pyrrole nitrogens is 1. The summed E-state index contributed by atoms with van der Waals surface area (Å²) < 4.78 is 1.09. The Labute approximate surface area is 137 Å². The molecule has 4 rings (SSSR count). The Morgan fingerprint density at radius 3 is 3.04 bits per heavy atom. The van der Waals surface area contributed by atoms with Crippen LogP contribution in [0.15, 0.2) is 48.7 Å². The van der Waals surface area contributed by atoms with Crippen molar-refractivity contribution >= 4 is 44.1 Å². The number of thiazole rings is 1. The number of aromatic nitrogens is 2. The van der Waals surface area contributed by atoms with Crippen molar-refractivity contribution in [1.29, 1.82) is 0 Å². The number of rotatable bonds is 3. The lowest BCUT2D eigenvalue weighted by atomic mass is 10.1. The topological polar surface area (TPSA) is 57.8 Å². The van der Waals surface area contributed by atoms with Crippen LogP contribution in [0.3, 0.4) is 0 Å². The zero-order valence-corrected chi connectivity index (χ0v) is 13.4. The fourth-order valence-electron chi connectivity index (χ4n) is 2.71. The number of aryl methyl sites for hydroxylation is 1. The molecule has 2 aromatic heterocycles. The van der Waals surface area contributed by atoms with Gasteiger partial charge in [0, 0.05) is 17.4 Å². The van der Waals surface area contributed by atoms with Crippen molar-refractivity contribution in [3.05, 3.63) is 59.2 Å². The van der Waals surface area contributed by atoms with Gasteiger partial charge in [0.25, 0.3) is 0 Å². The van der Waals surface area contributed by atoms with Crippen molar-refractivity contribution in [2.75, 3.05) is 5.32 Å². The van der Waals surface area contributed by atoms with Crippen LogP contribution in [0.25, 0.3) is 21.1 Å². The van der Waals surface area contributed by atoms with Gasteiger partial charge >= 0.3 is 0 Å². The van der Waals surface area contributed by atoms with E-state index in [0.29, 0.717) is 6.42 Å². The summed E-state index contributed by atoms with van der Waals surface area (Å²) in [5, 5.41) is 5.15. The molecule has 0 bridgehead atoms. The highest BCUT2D eigenvalue weighted by molar-refractivity contribution is 7.18. The second kappa shape index (κ2) is 5.52. The maximum atomic E-state index is 12.3. The molecule has 1 amide bonds. The predicted octanol–water partition coefficient (Wildman–Crippen LogP) is 4.27. The van der Waals surface area contributed by atoms with Gasteiger partial charge in [-0.25, -0.2) is 4.98 Å². The van der Waals surface area contributed by atoms with Gasteiger partial charge in [0.05, 0.1) is 21.6 Å². The second-order valence-electron chi connectivity index (χ2n) is 5.54. The van der Waals surface area contributed by atoms with Crippen LogP contribution in [0.2, 0.25) is 0 Å². The van der Waals surface area contributed by atoms with Gasteiger partial charge in [-0.05, 0) is 48.2 Å². The first-order valence-electron chi connectivity index (χ1n) is 7.40. The summed E-state index contributed by atoms with van der Waals surface area (Å²) >= 11 is 1.63. The van der Waals surface area contributed by atoms with Crippen LogP contribution in [-0.4, -0.2) is 15.9 Å². The van der Waals surface area contributed by atoms with Crippen LogP contribution in [0, 0.1) is 6.92 Å².